The molecule has 0 aliphatic rings. The van der Waals surface area contributed by atoms with Gasteiger partial charge in [-0.05, 0) is 18.9 Å². The van der Waals surface area contributed by atoms with Gasteiger partial charge in [-0.15, -0.1) is 0 Å². The van der Waals surface area contributed by atoms with Gasteiger partial charge in [-0.2, -0.15) is 0 Å². The van der Waals surface area contributed by atoms with E-state index in [4.69, 9.17) is 5.73 Å². The van der Waals surface area contributed by atoms with Crippen LogP contribution in [0.4, 0.5) is 0 Å². The van der Waals surface area contributed by atoms with Gasteiger partial charge in [0.25, 0.3) is 0 Å². The van der Waals surface area contributed by atoms with Gasteiger partial charge >= 0.3 is 5.97 Å². The van der Waals surface area contributed by atoms with E-state index in [-0.39, 0.29) is 12.4 Å². The molecule has 1 aromatic rings. The van der Waals surface area contributed by atoms with Gasteiger partial charge in [-0.1, -0.05) is 30.3 Å². The molecule has 6 heteroatoms. The Labute approximate surface area is 113 Å². The van der Waals surface area contributed by atoms with E-state index < -0.39 is 27.6 Å². The highest BCUT2D eigenvalue weighted by molar-refractivity contribution is 7.92. The van der Waals surface area contributed by atoms with Crippen LogP contribution in [-0.2, 0) is 25.8 Å². The molecule has 0 spiro atoms. The van der Waals surface area contributed by atoms with E-state index in [2.05, 4.69) is 4.74 Å². The summed E-state index contributed by atoms with van der Waals surface area (Å²) in [7, 11) is -3.52. The summed E-state index contributed by atoms with van der Waals surface area (Å²) in [4.78, 5) is 11.2. The van der Waals surface area contributed by atoms with Crippen molar-refractivity contribution in [3.8, 4) is 0 Å². The number of sulfone groups is 1. The number of carbonyl (C=O) groups excluding carboxylic acids is 1. The number of esters is 1. The highest BCUT2D eigenvalue weighted by atomic mass is 32.2. The number of nitrogens with two attached hydrogens (primary N) is 1. The summed E-state index contributed by atoms with van der Waals surface area (Å²) in [6.07, 6.45) is 0.461. The van der Waals surface area contributed by atoms with Crippen molar-refractivity contribution in [2.24, 2.45) is 5.73 Å². The normalized spacial score (nSPS) is 12.9. The fraction of sp³-hybridized carbons (Fsp3) is 0.462. The lowest BCUT2D eigenvalue weighted by atomic mass is 10.1. The second-order valence-electron chi connectivity index (χ2n) is 4.31. The molecule has 0 amide bonds. The number of benzene rings is 1. The molecule has 5 nitrogen and oxygen atoms in total. The van der Waals surface area contributed by atoms with Crippen LogP contribution < -0.4 is 5.73 Å². The molecule has 2 N–H and O–H groups in total. The zero-order valence-corrected chi connectivity index (χ0v) is 11.7. The van der Waals surface area contributed by atoms with Crippen molar-refractivity contribution < 1.29 is 17.9 Å². The molecule has 0 aliphatic carbocycles. The van der Waals surface area contributed by atoms with Crippen LogP contribution in [0.25, 0.3) is 0 Å². The van der Waals surface area contributed by atoms with E-state index in [9.17, 15) is 13.2 Å². The first-order valence-electron chi connectivity index (χ1n) is 6.08. The first-order chi connectivity index (χ1) is 8.93. The molecule has 0 saturated carbocycles. The molecule has 0 heterocycles. The van der Waals surface area contributed by atoms with Crippen LogP contribution in [-0.4, -0.2) is 38.5 Å². The highest BCUT2D eigenvalue weighted by Gasteiger charge is 2.21. The van der Waals surface area contributed by atoms with Crippen LogP contribution >= 0.6 is 0 Å². The second-order valence-corrected chi connectivity index (χ2v) is 6.42. The van der Waals surface area contributed by atoms with Gasteiger partial charge < -0.3 is 10.5 Å². The standard InChI is InChI=1S/C13H19NO4S/c1-2-18-13(15)10-19(16,17)9-12(14)8-11-6-4-3-5-7-11/h3-7,12H,2,8-10,14H2,1H3/t12-/m0/s1. The van der Waals surface area contributed by atoms with E-state index >= 15 is 0 Å². The number of rotatable bonds is 7. The molecular formula is C13H19NO4S. The minimum atomic E-state index is -3.52. The monoisotopic (exact) mass is 285 g/mol. The number of carbonyl (C=O) groups is 1. The molecular weight excluding hydrogens is 266 g/mol. The van der Waals surface area contributed by atoms with Crippen molar-refractivity contribution in [3.05, 3.63) is 35.9 Å². The summed E-state index contributed by atoms with van der Waals surface area (Å²) >= 11 is 0. The summed E-state index contributed by atoms with van der Waals surface area (Å²) in [5, 5.41) is 0. The van der Waals surface area contributed by atoms with Gasteiger partial charge in [0.1, 0.15) is 5.75 Å². The lowest BCUT2D eigenvalue weighted by Gasteiger charge is -2.12. The van der Waals surface area contributed by atoms with Crippen molar-refractivity contribution >= 4 is 15.8 Å². The molecule has 106 valence electrons. The Kier molecular flexibility index (Phi) is 5.98. The highest BCUT2D eigenvalue weighted by Crippen LogP contribution is 2.04. The molecule has 1 aromatic carbocycles. The number of ether oxygens (including phenoxy) is 1. The summed E-state index contributed by atoms with van der Waals surface area (Å²) < 4.78 is 28.1. The van der Waals surface area contributed by atoms with Crippen LogP contribution in [0.5, 0.6) is 0 Å². The maximum Gasteiger partial charge on any atom is 0.321 e. The van der Waals surface area contributed by atoms with Gasteiger partial charge in [-0.3, -0.25) is 4.79 Å². The lowest BCUT2D eigenvalue weighted by Crippen LogP contribution is -2.34. The molecule has 0 aromatic heterocycles. The topological polar surface area (TPSA) is 86.5 Å². The molecule has 0 unspecified atom stereocenters. The number of hydrogen-bond acceptors (Lipinski definition) is 5. The Morgan fingerprint density at radius 1 is 1.32 bits per heavy atom. The molecule has 0 saturated heterocycles. The van der Waals surface area contributed by atoms with Gasteiger partial charge in [0.05, 0.1) is 12.4 Å². The summed E-state index contributed by atoms with van der Waals surface area (Å²) in [5.41, 5.74) is 6.78. The van der Waals surface area contributed by atoms with Crippen molar-refractivity contribution in [3.63, 3.8) is 0 Å². The Morgan fingerprint density at radius 2 is 1.95 bits per heavy atom. The van der Waals surface area contributed by atoms with E-state index in [1.54, 1.807) is 6.92 Å². The summed E-state index contributed by atoms with van der Waals surface area (Å²) in [5.74, 6) is -1.56. The van der Waals surface area contributed by atoms with Crippen LogP contribution in [0.1, 0.15) is 12.5 Å². The molecule has 0 aliphatic heterocycles. The SMILES string of the molecule is CCOC(=O)CS(=O)(=O)C[C@@H](N)Cc1ccccc1. The van der Waals surface area contributed by atoms with Crippen molar-refractivity contribution in [1.82, 2.24) is 0 Å². The minimum Gasteiger partial charge on any atom is -0.465 e. The fourth-order valence-corrected chi connectivity index (χ4v) is 3.07. The van der Waals surface area contributed by atoms with E-state index in [1.165, 1.54) is 0 Å². The Hall–Kier alpha value is -1.40. The maximum atomic E-state index is 11.7. The first kappa shape index (κ1) is 15.7. The van der Waals surface area contributed by atoms with Crippen LogP contribution in [0.2, 0.25) is 0 Å². The number of hydrogen-bond donors (Lipinski definition) is 1. The minimum absolute atomic E-state index is 0.171. The Bertz CT molecular complexity index is 499. The second kappa shape index (κ2) is 7.25. The zero-order valence-electron chi connectivity index (χ0n) is 10.9. The predicted octanol–water partition coefficient (Wildman–Crippen LogP) is 0.534. The van der Waals surface area contributed by atoms with Gasteiger partial charge in [-0.25, -0.2) is 8.42 Å². The van der Waals surface area contributed by atoms with Crippen LogP contribution in [0, 0.1) is 0 Å². The Balaban J connectivity index is 2.51. The lowest BCUT2D eigenvalue weighted by molar-refractivity contribution is -0.139. The average Bonchev–Trinajstić information content (AvgIpc) is 2.28. The fourth-order valence-electron chi connectivity index (χ4n) is 1.74. The molecule has 19 heavy (non-hydrogen) atoms. The largest absolute Gasteiger partial charge is 0.465 e. The van der Waals surface area contributed by atoms with Crippen molar-refractivity contribution in [2.75, 3.05) is 18.1 Å². The molecule has 0 bridgehead atoms. The molecule has 0 radical (unpaired) electrons. The predicted molar refractivity (Wildman–Crippen MR) is 73.4 cm³/mol. The summed E-state index contributed by atoms with van der Waals surface area (Å²) in [6, 6.07) is 8.87. The quantitative estimate of drug-likeness (QED) is 0.739. The third-order valence-electron chi connectivity index (χ3n) is 2.45. The third-order valence-corrected chi connectivity index (χ3v) is 4.06. The van der Waals surface area contributed by atoms with E-state index in [0.717, 1.165) is 5.56 Å². The van der Waals surface area contributed by atoms with Gasteiger partial charge in [0, 0.05) is 6.04 Å². The maximum absolute atomic E-state index is 11.7. The van der Waals surface area contributed by atoms with Gasteiger partial charge in [0.15, 0.2) is 9.84 Å². The summed E-state index contributed by atoms with van der Waals surface area (Å²) in [6.45, 7) is 1.80. The van der Waals surface area contributed by atoms with E-state index in [0.29, 0.717) is 6.42 Å². The Morgan fingerprint density at radius 3 is 2.53 bits per heavy atom. The van der Waals surface area contributed by atoms with E-state index in [1.807, 2.05) is 30.3 Å². The molecule has 1 rings (SSSR count). The van der Waals surface area contributed by atoms with Crippen LogP contribution in [0.3, 0.4) is 0 Å². The molecule has 1 atom stereocenters. The third kappa shape index (κ3) is 6.35. The smallest absolute Gasteiger partial charge is 0.321 e. The van der Waals surface area contributed by atoms with Gasteiger partial charge in [0.2, 0.25) is 0 Å². The first-order valence-corrected chi connectivity index (χ1v) is 7.90. The average molecular weight is 285 g/mol. The molecule has 0 fully saturated rings. The van der Waals surface area contributed by atoms with Crippen molar-refractivity contribution in [2.45, 2.75) is 19.4 Å². The van der Waals surface area contributed by atoms with Crippen molar-refractivity contribution in [1.29, 1.82) is 0 Å². The zero-order chi connectivity index (χ0) is 14.3. The van der Waals surface area contributed by atoms with Crippen LogP contribution in [0.15, 0.2) is 30.3 Å².